The van der Waals surface area contributed by atoms with Gasteiger partial charge < -0.3 is 28.4 Å². The molecule has 28 heavy (non-hydrogen) atoms. The molecule has 0 unspecified atom stereocenters. The highest BCUT2D eigenvalue weighted by Crippen LogP contribution is 2.31. The predicted octanol–water partition coefficient (Wildman–Crippen LogP) is 3.43. The molecule has 0 amide bonds. The van der Waals surface area contributed by atoms with Crippen molar-refractivity contribution >= 4 is 0 Å². The second-order valence-corrected chi connectivity index (χ2v) is 5.02. The minimum Gasteiger partial charge on any atom is -0.493 e. The molecule has 0 spiro atoms. The molecule has 0 radical (unpaired) electrons. The number of rotatable bonds is 8. The van der Waals surface area contributed by atoms with Crippen molar-refractivity contribution in [3.05, 3.63) is 36.4 Å². The van der Waals surface area contributed by atoms with Gasteiger partial charge in [0.15, 0.2) is 23.0 Å². The molecule has 0 fully saturated rings. The van der Waals surface area contributed by atoms with Gasteiger partial charge in [-0.1, -0.05) is 11.8 Å². The molecule has 0 heterocycles. The highest BCUT2D eigenvalue weighted by atomic mass is 16.5. The van der Waals surface area contributed by atoms with E-state index in [2.05, 4.69) is 11.8 Å². The van der Waals surface area contributed by atoms with E-state index in [1.54, 1.807) is 64.8 Å². The van der Waals surface area contributed by atoms with Gasteiger partial charge in [0.05, 0.1) is 28.4 Å². The maximum absolute atomic E-state index is 5.23. The van der Waals surface area contributed by atoms with Gasteiger partial charge in [0.25, 0.3) is 0 Å². The zero-order valence-electron chi connectivity index (χ0n) is 16.5. The number of ether oxygens (including phenoxy) is 6. The Hall–Kier alpha value is -3.64. The van der Waals surface area contributed by atoms with Gasteiger partial charge in [-0.2, -0.15) is 0 Å². The van der Waals surface area contributed by atoms with E-state index >= 15 is 0 Å². The summed E-state index contributed by atoms with van der Waals surface area (Å²) in [5.74, 6) is 8.70. The lowest BCUT2D eigenvalue weighted by molar-refractivity contribution is 0.341. The molecule has 0 aliphatic carbocycles. The summed E-state index contributed by atoms with van der Waals surface area (Å²) in [6, 6.07) is 10.6. The molecule has 0 atom stereocenters. The van der Waals surface area contributed by atoms with Crippen LogP contribution in [-0.2, 0) is 0 Å². The highest BCUT2D eigenvalue weighted by molar-refractivity contribution is 5.46. The van der Waals surface area contributed by atoms with Crippen molar-refractivity contribution in [2.24, 2.45) is 0 Å². The fraction of sp³-hybridized carbons (Fsp3) is 0.273. The molecule has 2 aromatic carbocycles. The molecule has 0 aliphatic heterocycles. The van der Waals surface area contributed by atoms with Crippen molar-refractivity contribution in [3.63, 3.8) is 0 Å². The van der Waals surface area contributed by atoms with Crippen LogP contribution in [0.2, 0.25) is 0 Å². The average Bonchev–Trinajstić information content (AvgIpc) is 2.76. The fourth-order valence-corrected chi connectivity index (χ4v) is 2.06. The van der Waals surface area contributed by atoms with E-state index < -0.39 is 0 Å². The first-order valence-corrected chi connectivity index (χ1v) is 8.20. The fourth-order valence-electron chi connectivity index (χ4n) is 2.06. The van der Waals surface area contributed by atoms with Crippen LogP contribution in [-0.4, -0.2) is 41.7 Å². The summed E-state index contributed by atoms with van der Waals surface area (Å²) < 4.78 is 30.8. The van der Waals surface area contributed by atoms with Gasteiger partial charge in [0.1, 0.15) is 24.7 Å². The van der Waals surface area contributed by atoms with Gasteiger partial charge in [0, 0.05) is 12.1 Å². The lowest BCUT2D eigenvalue weighted by Crippen LogP contribution is -1.95. The highest BCUT2D eigenvalue weighted by Gasteiger charge is 2.05. The molecule has 6 nitrogen and oxygen atoms in total. The Morgan fingerprint density at radius 3 is 1.25 bits per heavy atom. The minimum atomic E-state index is 0.246. The Balaban J connectivity index is 0.000000280. The van der Waals surface area contributed by atoms with Gasteiger partial charge in [-0.05, 0) is 24.3 Å². The summed E-state index contributed by atoms with van der Waals surface area (Å²) >= 11 is 0. The summed E-state index contributed by atoms with van der Waals surface area (Å²) in [5, 5.41) is 0. The smallest absolute Gasteiger partial charge is 0.164 e. The van der Waals surface area contributed by atoms with E-state index in [1.807, 2.05) is 0 Å². The van der Waals surface area contributed by atoms with Crippen LogP contribution in [0.1, 0.15) is 0 Å². The Kier molecular flexibility index (Phi) is 10.1. The molecule has 0 bridgehead atoms. The summed E-state index contributed by atoms with van der Waals surface area (Å²) in [4.78, 5) is 0. The van der Waals surface area contributed by atoms with Crippen LogP contribution in [0.3, 0.4) is 0 Å². The van der Waals surface area contributed by atoms with Gasteiger partial charge in [-0.3, -0.25) is 0 Å². The van der Waals surface area contributed by atoms with E-state index in [0.717, 1.165) is 0 Å². The van der Waals surface area contributed by atoms with Gasteiger partial charge >= 0.3 is 0 Å². The first kappa shape index (κ1) is 22.4. The lowest BCUT2D eigenvalue weighted by atomic mass is 10.3. The third-order valence-corrected chi connectivity index (χ3v) is 3.35. The molecule has 2 rings (SSSR count). The van der Waals surface area contributed by atoms with Crippen LogP contribution in [0.5, 0.6) is 34.5 Å². The normalized spacial score (nSPS) is 8.93. The van der Waals surface area contributed by atoms with Gasteiger partial charge in [0.2, 0.25) is 0 Å². The number of hydrogen-bond acceptors (Lipinski definition) is 6. The van der Waals surface area contributed by atoms with Gasteiger partial charge in [-0.15, -0.1) is 12.8 Å². The van der Waals surface area contributed by atoms with Crippen molar-refractivity contribution in [3.8, 4) is 59.2 Å². The quantitative estimate of drug-likeness (QED) is 0.650. The van der Waals surface area contributed by atoms with E-state index in [9.17, 15) is 0 Å². The Morgan fingerprint density at radius 2 is 0.964 bits per heavy atom. The molecule has 148 valence electrons. The molecule has 6 heteroatoms. The van der Waals surface area contributed by atoms with Crippen molar-refractivity contribution in [2.45, 2.75) is 0 Å². The summed E-state index contributed by atoms with van der Waals surface area (Å²) in [6.07, 6.45) is 10.1. The molecule has 0 N–H and O–H groups in total. The van der Waals surface area contributed by atoms with Crippen LogP contribution in [0.15, 0.2) is 36.4 Å². The third-order valence-electron chi connectivity index (χ3n) is 3.35. The van der Waals surface area contributed by atoms with Crippen LogP contribution >= 0.6 is 0 Å². The molecular weight excluding hydrogens is 360 g/mol. The van der Waals surface area contributed by atoms with Crippen LogP contribution in [0, 0.1) is 24.7 Å². The number of benzene rings is 2. The maximum Gasteiger partial charge on any atom is 0.164 e. The molecule has 0 saturated carbocycles. The second kappa shape index (κ2) is 12.7. The van der Waals surface area contributed by atoms with E-state index in [-0.39, 0.29) is 13.2 Å². The van der Waals surface area contributed by atoms with Gasteiger partial charge in [-0.25, -0.2) is 0 Å². The topological polar surface area (TPSA) is 55.4 Å². The Labute approximate surface area is 166 Å². The standard InChI is InChI=1S/2C11H12O3/c2*1-4-7-14-9-5-6-10(12-2)11(8-9)13-3/h2*1,5-6,8H,7H2,2-3H3. The zero-order valence-corrected chi connectivity index (χ0v) is 16.5. The Morgan fingerprint density at radius 1 is 0.607 bits per heavy atom. The monoisotopic (exact) mass is 384 g/mol. The lowest BCUT2D eigenvalue weighted by Gasteiger charge is -2.09. The van der Waals surface area contributed by atoms with Crippen LogP contribution < -0.4 is 28.4 Å². The Bertz CT molecular complexity index is 747. The minimum absolute atomic E-state index is 0.246. The SMILES string of the molecule is C#CCOc1ccc(OC)c(OC)c1.C#CCOc1ccc(OC)c(OC)c1. The summed E-state index contributed by atoms with van der Waals surface area (Å²) in [5.41, 5.74) is 0. The van der Waals surface area contributed by atoms with Crippen molar-refractivity contribution in [2.75, 3.05) is 41.7 Å². The number of hydrogen-bond donors (Lipinski definition) is 0. The van der Waals surface area contributed by atoms with Crippen LogP contribution in [0.25, 0.3) is 0 Å². The number of methoxy groups -OCH3 is 4. The maximum atomic E-state index is 5.23. The van der Waals surface area contributed by atoms with Crippen molar-refractivity contribution in [1.82, 2.24) is 0 Å². The molecule has 2 aromatic rings. The average molecular weight is 384 g/mol. The first-order valence-electron chi connectivity index (χ1n) is 8.20. The molecule has 0 saturated heterocycles. The summed E-state index contributed by atoms with van der Waals surface area (Å²) in [6.45, 7) is 0.491. The molecule has 0 aliphatic rings. The summed E-state index contributed by atoms with van der Waals surface area (Å²) in [7, 11) is 6.31. The zero-order chi connectivity index (χ0) is 20.8. The molecular formula is C22H24O6. The largest absolute Gasteiger partial charge is 0.493 e. The van der Waals surface area contributed by atoms with Crippen molar-refractivity contribution < 1.29 is 28.4 Å². The van der Waals surface area contributed by atoms with E-state index in [1.165, 1.54) is 0 Å². The second-order valence-electron chi connectivity index (χ2n) is 5.02. The number of terminal acetylenes is 2. The van der Waals surface area contributed by atoms with Crippen LogP contribution in [0.4, 0.5) is 0 Å². The molecule has 0 aromatic heterocycles. The van der Waals surface area contributed by atoms with E-state index in [4.69, 9.17) is 41.3 Å². The van der Waals surface area contributed by atoms with Crippen molar-refractivity contribution in [1.29, 1.82) is 0 Å². The predicted molar refractivity (Wildman–Crippen MR) is 108 cm³/mol. The first-order chi connectivity index (χ1) is 13.6. The van der Waals surface area contributed by atoms with E-state index in [0.29, 0.717) is 34.5 Å². The third kappa shape index (κ3) is 6.93.